The number of hydrogen-bond donors (Lipinski definition) is 1. The molecule has 0 unspecified atom stereocenters. The molecule has 0 spiro atoms. The van der Waals surface area contributed by atoms with E-state index in [1.54, 1.807) is 10.2 Å². The first-order chi connectivity index (χ1) is 14.9. The van der Waals surface area contributed by atoms with Crippen molar-refractivity contribution >= 4 is 52.1 Å². The highest BCUT2D eigenvalue weighted by Crippen LogP contribution is 2.37. The average molecular weight is 462 g/mol. The van der Waals surface area contributed by atoms with Crippen LogP contribution in [-0.4, -0.2) is 49.1 Å². The minimum atomic E-state index is 0.168. The van der Waals surface area contributed by atoms with Crippen LogP contribution in [0.5, 0.6) is 0 Å². The number of nitrogen functional groups attached to an aromatic ring is 1. The van der Waals surface area contributed by atoms with Crippen LogP contribution >= 0.6 is 23.4 Å². The molecule has 166 valence electrons. The van der Waals surface area contributed by atoms with E-state index in [1.165, 1.54) is 0 Å². The number of nitrogens with zero attached hydrogens (tertiary/aromatic N) is 6. The van der Waals surface area contributed by atoms with Crippen molar-refractivity contribution in [3.05, 3.63) is 35.0 Å². The zero-order chi connectivity index (χ0) is 22.1. The van der Waals surface area contributed by atoms with Crippen LogP contribution in [0.15, 0.2) is 24.3 Å². The van der Waals surface area contributed by atoms with Crippen LogP contribution in [-0.2, 0) is 0 Å². The molecule has 0 saturated heterocycles. The lowest BCUT2D eigenvalue weighted by atomic mass is 9.89. The van der Waals surface area contributed by atoms with Crippen LogP contribution < -0.4 is 10.6 Å². The molecule has 4 rings (SSSR count). The van der Waals surface area contributed by atoms with Gasteiger partial charge in [-0.05, 0) is 57.8 Å². The summed E-state index contributed by atoms with van der Waals surface area (Å²) < 4.78 is 1.56. The number of imidazole rings is 1. The van der Waals surface area contributed by atoms with Crippen molar-refractivity contribution in [2.75, 3.05) is 23.7 Å². The molecule has 1 aliphatic carbocycles. The number of rotatable bonds is 6. The van der Waals surface area contributed by atoms with Crippen molar-refractivity contribution < 1.29 is 0 Å². The van der Waals surface area contributed by atoms with E-state index in [0.29, 0.717) is 34.3 Å². The van der Waals surface area contributed by atoms with Gasteiger partial charge in [0.25, 0.3) is 0 Å². The molecule has 0 atom stereocenters. The van der Waals surface area contributed by atoms with Gasteiger partial charge in [0.05, 0.1) is 10.5 Å². The number of fused-ring (bicyclic) bond motifs is 1. The van der Waals surface area contributed by atoms with E-state index in [2.05, 4.69) is 28.7 Å². The van der Waals surface area contributed by atoms with Crippen molar-refractivity contribution in [1.82, 2.24) is 23.9 Å². The molecule has 0 radical (unpaired) electrons. The third-order valence-electron chi connectivity index (χ3n) is 6.22. The van der Waals surface area contributed by atoms with E-state index in [-0.39, 0.29) is 6.04 Å². The molecular formula is C22H29Cl2N7. The Morgan fingerprint density at radius 3 is 2.35 bits per heavy atom. The first-order valence-corrected chi connectivity index (χ1v) is 11.6. The van der Waals surface area contributed by atoms with Crippen LogP contribution in [0.1, 0.15) is 45.2 Å². The lowest BCUT2D eigenvalue weighted by molar-refractivity contribution is 0.164. The molecule has 31 heavy (non-hydrogen) atoms. The van der Waals surface area contributed by atoms with Crippen LogP contribution in [0.4, 0.5) is 17.7 Å². The highest BCUT2D eigenvalue weighted by atomic mass is 35.5. The van der Waals surface area contributed by atoms with Crippen LogP contribution in [0, 0.1) is 6.92 Å². The topological polar surface area (TPSA) is 76.1 Å². The third kappa shape index (κ3) is 4.31. The van der Waals surface area contributed by atoms with Crippen molar-refractivity contribution in [3.8, 4) is 0 Å². The largest absolute Gasteiger partial charge is 0.384 e. The van der Waals surface area contributed by atoms with Gasteiger partial charge in [-0.2, -0.15) is 4.98 Å². The second-order valence-electron chi connectivity index (χ2n) is 8.09. The Labute approximate surface area is 193 Å². The summed E-state index contributed by atoms with van der Waals surface area (Å²) >= 11 is 13.2. The number of benzene rings is 1. The van der Waals surface area contributed by atoms with E-state index < -0.39 is 0 Å². The molecule has 1 fully saturated rings. The quantitative estimate of drug-likeness (QED) is 0.545. The van der Waals surface area contributed by atoms with Crippen molar-refractivity contribution in [2.24, 2.45) is 0 Å². The van der Waals surface area contributed by atoms with Crippen LogP contribution in [0.3, 0.4) is 0 Å². The zero-order valence-electron chi connectivity index (χ0n) is 18.2. The van der Waals surface area contributed by atoms with Gasteiger partial charge in [-0.15, -0.1) is 0 Å². The predicted octanol–water partition coefficient (Wildman–Crippen LogP) is 5.16. The molecule has 1 aromatic carbocycles. The first-order valence-electron chi connectivity index (χ1n) is 10.9. The third-order valence-corrected chi connectivity index (χ3v) is 6.86. The Hall–Kier alpha value is -2.09. The van der Waals surface area contributed by atoms with Crippen molar-refractivity contribution in [2.45, 2.75) is 58.5 Å². The Bertz CT molecular complexity index is 1040. The molecule has 0 bridgehead atoms. The molecule has 2 heterocycles. The Morgan fingerprint density at radius 1 is 1.06 bits per heavy atom. The normalized spacial score (nSPS) is 19.3. The summed E-state index contributed by atoms with van der Waals surface area (Å²) in [6.07, 6.45) is 4.19. The van der Waals surface area contributed by atoms with E-state index >= 15 is 0 Å². The maximum atomic E-state index is 6.76. The van der Waals surface area contributed by atoms with Gasteiger partial charge < -0.3 is 10.6 Å². The minimum Gasteiger partial charge on any atom is -0.384 e. The number of hydrogen-bond acceptors (Lipinski definition) is 6. The van der Waals surface area contributed by atoms with Gasteiger partial charge in [-0.3, -0.25) is 4.90 Å². The van der Waals surface area contributed by atoms with Gasteiger partial charge >= 0.3 is 0 Å². The molecule has 1 aliphatic rings. The van der Waals surface area contributed by atoms with E-state index in [0.717, 1.165) is 50.0 Å². The van der Waals surface area contributed by atoms with Gasteiger partial charge in [0.1, 0.15) is 11.3 Å². The Balaban J connectivity index is 1.75. The highest BCUT2D eigenvalue weighted by molar-refractivity contribution is 6.35. The molecule has 0 aliphatic heterocycles. The van der Waals surface area contributed by atoms with Crippen molar-refractivity contribution in [1.29, 1.82) is 0 Å². The predicted molar refractivity (Wildman–Crippen MR) is 128 cm³/mol. The monoisotopic (exact) mass is 461 g/mol. The fourth-order valence-corrected chi connectivity index (χ4v) is 5.16. The van der Waals surface area contributed by atoms with E-state index in [4.69, 9.17) is 34.1 Å². The standard InChI is InChI=1S/C22H29Cl2N7/c1-4-29(5-2)15-9-11-16(12-10-15)30(21-26-14(3)13-19(25)27-21)22-28-20-17(23)7-6-8-18(20)31(22)24/h6-8,13,15-16H,4-5,9-12H2,1-3H3,(H2,25,26,27). The average Bonchev–Trinajstić information content (AvgIpc) is 3.07. The van der Waals surface area contributed by atoms with Gasteiger partial charge in [-0.25, -0.2) is 14.1 Å². The number of anilines is 3. The molecule has 2 aromatic heterocycles. The number of para-hydroxylation sites is 1. The van der Waals surface area contributed by atoms with E-state index in [9.17, 15) is 0 Å². The van der Waals surface area contributed by atoms with Crippen molar-refractivity contribution in [3.63, 3.8) is 0 Å². The summed E-state index contributed by atoms with van der Waals surface area (Å²) in [4.78, 5) is 18.6. The first kappa shape index (κ1) is 22.1. The number of nitrogens with two attached hydrogens (primary N) is 1. The summed E-state index contributed by atoms with van der Waals surface area (Å²) in [5.74, 6) is 1.53. The minimum absolute atomic E-state index is 0.168. The Kier molecular flexibility index (Phi) is 6.55. The fraction of sp³-hybridized carbons (Fsp3) is 0.500. The molecular weight excluding hydrogens is 433 g/mol. The molecule has 1 saturated carbocycles. The highest BCUT2D eigenvalue weighted by Gasteiger charge is 2.33. The molecule has 0 amide bonds. The second-order valence-corrected chi connectivity index (χ2v) is 8.83. The number of halogens is 2. The number of aryl methyl sites for hydroxylation is 1. The molecule has 3 aromatic rings. The fourth-order valence-electron chi connectivity index (χ4n) is 4.70. The van der Waals surface area contributed by atoms with E-state index in [1.807, 2.05) is 30.0 Å². The summed E-state index contributed by atoms with van der Waals surface area (Å²) in [6, 6.07) is 8.13. The molecule has 9 heteroatoms. The summed E-state index contributed by atoms with van der Waals surface area (Å²) in [5, 5.41) is 0.563. The maximum Gasteiger partial charge on any atom is 0.234 e. The zero-order valence-corrected chi connectivity index (χ0v) is 19.7. The maximum absolute atomic E-state index is 6.76. The smallest absolute Gasteiger partial charge is 0.234 e. The lowest BCUT2D eigenvalue weighted by Gasteiger charge is -2.39. The van der Waals surface area contributed by atoms with Crippen LogP contribution in [0.25, 0.3) is 11.0 Å². The summed E-state index contributed by atoms with van der Waals surface area (Å²) in [6.45, 7) is 8.51. The number of aromatic nitrogens is 4. The van der Waals surface area contributed by atoms with Gasteiger partial charge in [-0.1, -0.05) is 31.5 Å². The summed E-state index contributed by atoms with van der Waals surface area (Å²) in [7, 11) is 0. The van der Waals surface area contributed by atoms with Gasteiger partial charge in [0.2, 0.25) is 11.9 Å². The Morgan fingerprint density at radius 2 is 1.74 bits per heavy atom. The lowest BCUT2D eigenvalue weighted by Crippen LogP contribution is -2.43. The van der Waals surface area contributed by atoms with Gasteiger partial charge in [0, 0.05) is 35.6 Å². The second kappa shape index (κ2) is 9.18. The van der Waals surface area contributed by atoms with Crippen LogP contribution in [0.2, 0.25) is 5.02 Å². The molecule has 7 nitrogen and oxygen atoms in total. The molecule has 2 N–H and O–H groups in total. The summed E-state index contributed by atoms with van der Waals surface area (Å²) in [5.41, 5.74) is 8.30. The SMILES string of the molecule is CCN(CC)C1CCC(N(c2nc(C)cc(N)n2)c2nc3c(Cl)cccc3n2Cl)CC1. The van der Waals surface area contributed by atoms with Gasteiger partial charge in [0.15, 0.2) is 0 Å².